The maximum absolute atomic E-state index is 13.1. The average Bonchev–Trinajstić information content (AvgIpc) is 2.89. The molecule has 3 aromatic rings. The zero-order valence-corrected chi connectivity index (χ0v) is 18.6. The third-order valence-corrected chi connectivity index (χ3v) is 6.90. The number of carbonyl (C=O) groups excluding carboxylic acids is 1. The molecule has 0 N–H and O–H groups in total. The molecule has 30 heavy (non-hydrogen) atoms. The lowest BCUT2D eigenvalue weighted by molar-refractivity contribution is 0.0778. The van der Waals surface area contributed by atoms with Crippen molar-refractivity contribution in [1.82, 2.24) is 14.5 Å². The summed E-state index contributed by atoms with van der Waals surface area (Å²) in [7, 11) is 1.77. The van der Waals surface area contributed by atoms with Gasteiger partial charge in [0.15, 0.2) is 0 Å². The molecule has 0 radical (unpaired) electrons. The van der Waals surface area contributed by atoms with E-state index in [1.807, 2.05) is 42.7 Å². The molecule has 0 bridgehead atoms. The SMILES string of the molecule is Cc1ccccc1OCCN(C)C(=O)c1sc2nc3n(c(=O)c2c1C)CCCCC3. The van der Waals surface area contributed by atoms with Crippen LogP contribution < -0.4 is 10.3 Å². The minimum atomic E-state index is -0.0940. The predicted molar refractivity (Wildman–Crippen MR) is 120 cm³/mol. The number of fused-ring (bicyclic) bond motifs is 2. The molecule has 1 amide bonds. The van der Waals surface area contributed by atoms with Crippen LogP contribution in [-0.4, -0.2) is 40.6 Å². The topological polar surface area (TPSA) is 64.4 Å². The molecule has 0 atom stereocenters. The first-order valence-electron chi connectivity index (χ1n) is 10.4. The van der Waals surface area contributed by atoms with Crippen LogP contribution in [0.3, 0.4) is 0 Å². The van der Waals surface area contributed by atoms with Gasteiger partial charge in [0.1, 0.15) is 23.0 Å². The number of amides is 1. The molecular formula is C23H27N3O3S. The van der Waals surface area contributed by atoms with E-state index in [0.29, 0.717) is 34.8 Å². The second-order valence-corrected chi connectivity index (χ2v) is 8.87. The molecule has 0 fully saturated rings. The fourth-order valence-corrected chi connectivity index (χ4v) is 5.08. The lowest BCUT2D eigenvalue weighted by Gasteiger charge is -2.17. The van der Waals surface area contributed by atoms with Gasteiger partial charge in [0, 0.05) is 20.0 Å². The van der Waals surface area contributed by atoms with Crippen molar-refractivity contribution < 1.29 is 9.53 Å². The van der Waals surface area contributed by atoms with Crippen molar-refractivity contribution >= 4 is 27.5 Å². The number of likely N-dealkylation sites (N-methyl/N-ethyl adjacent to an activating group) is 1. The standard InChI is InChI=1S/C23H27N3O3S/c1-15-9-6-7-10-17(15)29-14-13-25(3)23(28)20-16(2)19-21(30-20)24-18-11-5-4-8-12-26(18)22(19)27/h6-7,9-10H,4-5,8,11-14H2,1-3H3. The maximum atomic E-state index is 13.1. The summed E-state index contributed by atoms with van der Waals surface area (Å²) < 4.78 is 7.63. The molecule has 4 rings (SSSR count). The Morgan fingerprint density at radius 3 is 2.83 bits per heavy atom. The van der Waals surface area contributed by atoms with Crippen molar-refractivity contribution in [3.63, 3.8) is 0 Å². The number of ether oxygens (including phenoxy) is 1. The van der Waals surface area contributed by atoms with Gasteiger partial charge in [-0.25, -0.2) is 4.98 Å². The van der Waals surface area contributed by atoms with Gasteiger partial charge in [-0.05, 0) is 43.9 Å². The van der Waals surface area contributed by atoms with E-state index in [0.717, 1.165) is 48.4 Å². The molecule has 0 spiro atoms. The fraction of sp³-hybridized carbons (Fsp3) is 0.435. The van der Waals surface area contributed by atoms with Gasteiger partial charge in [-0.1, -0.05) is 24.6 Å². The number of carbonyl (C=O) groups is 1. The molecule has 1 aliphatic rings. The van der Waals surface area contributed by atoms with E-state index in [1.54, 1.807) is 11.9 Å². The monoisotopic (exact) mass is 425 g/mol. The Bertz CT molecular complexity index is 1150. The molecule has 6 nitrogen and oxygen atoms in total. The lowest BCUT2D eigenvalue weighted by atomic mass is 10.2. The number of para-hydroxylation sites is 1. The number of aromatic nitrogens is 2. The van der Waals surface area contributed by atoms with Crippen molar-refractivity contribution in [2.24, 2.45) is 0 Å². The summed E-state index contributed by atoms with van der Waals surface area (Å²) >= 11 is 1.33. The minimum absolute atomic E-state index is 0.00441. The van der Waals surface area contributed by atoms with Crippen LogP contribution in [0.25, 0.3) is 10.2 Å². The zero-order chi connectivity index (χ0) is 21.3. The zero-order valence-electron chi connectivity index (χ0n) is 17.7. The van der Waals surface area contributed by atoms with Crippen molar-refractivity contribution in [3.05, 3.63) is 56.4 Å². The molecule has 158 valence electrons. The Kier molecular flexibility index (Phi) is 5.90. The van der Waals surface area contributed by atoms with Crippen LogP contribution in [0.5, 0.6) is 5.75 Å². The van der Waals surface area contributed by atoms with Crippen LogP contribution >= 0.6 is 11.3 Å². The number of benzene rings is 1. The van der Waals surface area contributed by atoms with Crippen LogP contribution in [-0.2, 0) is 13.0 Å². The van der Waals surface area contributed by atoms with Crippen molar-refractivity contribution in [1.29, 1.82) is 0 Å². The van der Waals surface area contributed by atoms with Gasteiger partial charge >= 0.3 is 0 Å². The van der Waals surface area contributed by atoms with E-state index >= 15 is 0 Å². The first kappa shape index (κ1) is 20.6. The Hall–Kier alpha value is -2.67. The predicted octanol–water partition coefficient (Wildman–Crippen LogP) is 3.95. The summed E-state index contributed by atoms with van der Waals surface area (Å²) in [5.74, 6) is 1.59. The third-order valence-electron chi connectivity index (χ3n) is 5.73. The lowest BCUT2D eigenvalue weighted by Crippen LogP contribution is -2.31. The third kappa shape index (κ3) is 3.86. The van der Waals surface area contributed by atoms with Crippen LogP contribution in [0.2, 0.25) is 0 Å². The Morgan fingerprint density at radius 1 is 1.23 bits per heavy atom. The highest BCUT2D eigenvalue weighted by atomic mass is 32.1. The molecule has 0 aliphatic carbocycles. The first-order valence-corrected chi connectivity index (χ1v) is 11.3. The van der Waals surface area contributed by atoms with Crippen LogP contribution in [0.4, 0.5) is 0 Å². The van der Waals surface area contributed by atoms with Crippen LogP contribution in [0, 0.1) is 13.8 Å². The quantitative estimate of drug-likeness (QED) is 0.621. The second kappa shape index (κ2) is 8.60. The highest BCUT2D eigenvalue weighted by Crippen LogP contribution is 2.29. The van der Waals surface area contributed by atoms with Gasteiger partial charge in [0.05, 0.1) is 16.8 Å². The van der Waals surface area contributed by atoms with Gasteiger partial charge in [-0.15, -0.1) is 11.3 Å². The molecule has 0 saturated carbocycles. The van der Waals surface area contributed by atoms with E-state index in [2.05, 4.69) is 0 Å². The second-order valence-electron chi connectivity index (χ2n) is 7.87. The molecule has 3 heterocycles. The molecule has 0 saturated heterocycles. The van der Waals surface area contributed by atoms with Gasteiger partial charge < -0.3 is 9.64 Å². The average molecular weight is 426 g/mol. The van der Waals surface area contributed by atoms with Gasteiger partial charge in [-0.3, -0.25) is 14.2 Å². The van der Waals surface area contributed by atoms with E-state index in [9.17, 15) is 9.59 Å². The fourth-order valence-electron chi connectivity index (χ4n) is 3.90. The number of aryl methyl sites for hydroxylation is 3. The molecule has 2 aromatic heterocycles. The number of rotatable bonds is 5. The summed E-state index contributed by atoms with van der Waals surface area (Å²) in [5, 5.41) is 0.596. The molecule has 0 unspecified atom stereocenters. The molecule has 1 aromatic carbocycles. The normalized spacial score (nSPS) is 13.7. The van der Waals surface area contributed by atoms with E-state index in [1.165, 1.54) is 11.3 Å². The Labute approximate surface area is 180 Å². The van der Waals surface area contributed by atoms with E-state index < -0.39 is 0 Å². The van der Waals surface area contributed by atoms with E-state index in [-0.39, 0.29) is 11.5 Å². The smallest absolute Gasteiger partial charge is 0.264 e. The van der Waals surface area contributed by atoms with Crippen LogP contribution in [0.15, 0.2) is 29.1 Å². The first-order chi connectivity index (χ1) is 14.5. The van der Waals surface area contributed by atoms with Crippen molar-refractivity contribution in [3.8, 4) is 5.75 Å². The Morgan fingerprint density at radius 2 is 2.03 bits per heavy atom. The number of hydrogen-bond acceptors (Lipinski definition) is 5. The molecule has 7 heteroatoms. The highest BCUT2D eigenvalue weighted by molar-refractivity contribution is 7.20. The summed E-state index contributed by atoms with van der Waals surface area (Å²) in [6.07, 6.45) is 3.99. The van der Waals surface area contributed by atoms with Crippen molar-refractivity contribution in [2.75, 3.05) is 20.2 Å². The van der Waals surface area contributed by atoms with Crippen molar-refractivity contribution in [2.45, 2.75) is 46.1 Å². The minimum Gasteiger partial charge on any atom is -0.491 e. The number of hydrogen-bond donors (Lipinski definition) is 0. The van der Waals surface area contributed by atoms with E-state index in [4.69, 9.17) is 9.72 Å². The molecule has 1 aliphatic heterocycles. The van der Waals surface area contributed by atoms with Crippen LogP contribution in [0.1, 0.15) is 45.9 Å². The summed E-state index contributed by atoms with van der Waals surface area (Å²) in [5.41, 5.74) is 1.80. The van der Waals surface area contributed by atoms with Gasteiger partial charge in [0.2, 0.25) is 0 Å². The summed E-state index contributed by atoms with van der Waals surface area (Å²) in [6, 6.07) is 7.83. The van der Waals surface area contributed by atoms with Gasteiger partial charge in [-0.2, -0.15) is 0 Å². The summed E-state index contributed by atoms with van der Waals surface area (Å²) in [6.45, 7) is 5.44. The maximum Gasteiger partial charge on any atom is 0.264 e. The molecular weight excluding hydrogens is 398 g/mol. The number of thiophene rings is 1. The Balaban J connectivity index is 1.54. The highest BCUT2D eigenvalue weighted by Gasteiger charge is 2.24. The number of nitrogens with zero attached hydrogens (tertiary/aromatic N) is 3. The van der Waals surface area contributed by atoms with Gasteiger partial charge in [0.25, 0.3) is 11.5 Å². The largest absolute Gasteiger partial charge is 0.491 e. The summed E-state index contributed by atoms with van der Waals surface area (Å²) in [4.78, 5) is 33.9.